The SMILES string of the molecule is CSC1(CNc2cc(Br)c(F)cc2N)CCC1. The summed E-state index contributed by atoms with van der Waals surface area (Å²) in [6, 6.07) is 3.05. The fourth-order valence-corrected chi connectivity index (χ4v) is 3.25. The summed E-state index contributed by atoms with van der Waals surface area (Å²) in [5.41, 5.74) is 7.05. The van der Waals surface area contributed by atoms with Crippen molar-refractivity contribution in [2.75, 3.05) is 23.9 Å². The first-order valence-electron chi connectivity index (χ1n) is 5.60. The molecule has 1 aliphatic rings. The first-order chi connectivity index (χ1) is 8.06. The van der Waals surface area contributed by atoms with E-state index in [1.165, 1.54) is 25.3 Å². The van der Waals surface area contributed by atoms with Gasteiger partial charge in [-0.15, -0.1) is 0 Å². The van der Waals surface area contributed by atoms with Gasteiger partial charge in [-0.2, -0.15) is 11.8 Å². The Bertz CT molecular complexity index is 416. The van der Waals surface area contributed by atoms with Crippen molar-refractivity contribution < 1.29 is 4.39 Å². The van der Waals surface area contributed by atoms with E-state index in [0.717, 1.165) is 12.2 Å². The molecule has 3 N–H and O–H groups in total. The smallest absolute Gasteiger partial charge is 0.139 e. The summed E-state index contributed by atoms with van der Waals surface area (Å²) in [5, 5.41) is 3.33. The van der Waals surface area contributed by atoms with Crippen molar-refractivity contribution in [3.8, 4) is 0 Å². The molecule has 1 aromatic carbocycles. The Morgan fingerprint density at radius 2 is 2.24 bits per heavy atom. The molecular formula is C12H16BrFN2S. The zero-order valence-electron chi connectivity index (χ0n) is 9.72. The van der Waals surface area contributed by atoms with Crippen molar-refractivity contribution >= 4 is 39.1 Å². The third-order valence-electron chi connectivity index (χ3n) is 3.39. The summed E-state index contributed by atoms with van der Waals surface area (Å²) >= 11 is 5.08. The standard InChI is InChI=1S/C12H16BrFN2S/c1-17-12(3-2-4-12)7-16-11-5-8(13)9(14)6-10(11)15/h5-6,16H,2-4,7,15H2,1H3. The second-order valence-electron chi connectivity index (χ2n) is 4.45. The average molecular weight is 319 g/mol. The Hall–Kier alpha value is -0.420. The van der Waals surface area contributed by atoms with Crippen LogP contribution in [0, 0.1) is 5.82 Å². The van der Waals surface area contributed by atoms with Crippen LogP contribution in [0.4, 0.5) is 15.8 Å². The highest BCUT2D eigenvalue weighted by molar-refractivity contribution is 9.10. The van der Waals surface area contributed by atoms with Crippen LogP contribution >= 0.6 is 27.7 Å². The van der Waals surface area contributed by atoms with Gasteiger partial charge in [0.2, 0.25) is 0 Å². The van der Waals surface area contributed by atoms with Gasteiger partial charge in [-0.05, 0) is 41.1 Å². The normalized spacial score (nSPS) is 17.6. The van der Waals surface area contributed by atoms with Crippen molar-refractivity contribution in [2.24, 2.45) is 0 Å². The molecule has 1 saturated carbocycles. The lowest BCUT2D eigenvalue weighted by Crippen LogP contribution is -2.40. The lowest BCUT2D eigenvalue weighted by atomic mass is 9.84. The maximum atomic E-state index is 13.2. The second-order valence-corrected chi connectivity index (χ2v) is 6.58. The van der Waals surface area contributed by atoms with Gasteiger partial charge in [-0.1, -0.05) is 6.42 Å². The molecule has 94 valence electrons. The Morgan fingerprint density at radius 1 is 1.53 bits per heavy atom. The molecule has 0 spiro atoms. The molecule has 0 aromatic heterocycles. The van der Waals surface area contributed by atoms with Crippen LogP contribution in [0.25, 0.3) is 0 Å². The van der Waals surface area contributed by atoms with Crippen LogP contribution in [-0.4, -0.2) is 17.5 Å². The largest absolute Gasteiger partial charge is 0.397 e. The van der Waals surface area contributed by atoms with Gasteiger partial charge in [-0.3, -0.25) is 0 Å². The average Bonchev–Trinajstić information content (AvgIpc) is 2.24. The molecule has 0 heterocycles. The lowest BCUT2D eigenvalue weighted by molar-refractivity contribution is 0.380. The van der Waals surface area contributed by atoms with Gasteiger partial charge in [0.25, 0.3) is 0 Å². The summed E-state index contributed by atoms with van der Waals surface area (Å²) in [7, 11) is 0. The van der Waals surface area contributed by atoms with E-state index >= 15 is 0 Å². The van der Waals surface area contributed by atoms with Crippen LogP contribution in [0.2, 0.25) is 0 Å². The third kappa shape index (κ3) is 2.71. The van der Waals surface area contributed by atoms with E-state index in [9.17, 15) is 4.39 Å². The van der Waals surface area contributed by atoms with Crippen LogP contribution in [0.3, 0.4) is 0 Å². The molecule has 5 heteroatoms. The third-order valence-corrected chi connectivity index (χ3v) is 5.42. The minimum absolute atomic E-state index is 0.323. The number of thioether (sulfide) groups is 1. The fourth-order valence-electron chi connectivity index (χ4n) is 2.00. The number of rotatable bonds is 4. The van der Waals surface area contributed by atoms with Crippen molar-refractivity contribution in [2.45, 2.75) is 24.0 Å². The predicted octanol–water partition coefficient (Wildman–Crippen LogP) is 3.87. The van der Waals surface area contributed by atoms with Gasteiger partial charge in [0, 0.05) is 17.4 Å². The zero-order valence-corrected chi connectivity index (χ0v) is 12.1. The molecule has 0 amide bonds. The highest BCUT2D eigenvalue weighted by atomic mass is 79.9. The Kier molecular flexibility index (Phi) is 3.88. The molecule has 0 radical (unpaired) electrons. The first-order valence-corrected chi connectivity index (χ1v) is 7.62. The minimum atomic E-state index is -0.323. The molecule has 1 fully saturated rings. The van der Waals surface area contributed by atoms with Crippen LogP contribution < -0.4 is 11.1 Å². The van der Waals surface area contributed by atoms with E-state index in [-0.39, 0.29) is 5.82 Å². The second kappa shape index (κ2) is 5.06. The summed E-state index contributed by atoms with van der Waals surface area (Å²) < 4.78 is 14.0. The van der Waals surface area contributed by atoms with E-state index < -0.39 is 0 Å². The number of nitrogens with one attached hydrogen (secondary N) is 1. The Morgan fingerprint density at radius 3 is 2.76 bits per heavy atom. The number of nitrogens with two attached hydrogens (primary N) is 1. The number of benzene rings is 1. The summed E-state index contributed by atoms with van der Waals surface area (Å²) in [6.07, 6.45) is 5.92. The Balaban J connectivity index is 2.06. The monoisotopic (exact) mass is 318 g/mol. The van der Waals surface area contributed by atoms with Crippen LogP contribution in [0.1, 0.15) is 19.3 Å². The minimum Gasteiger partial charge on any atom is -0.397 e. The molecule has 0 unspecified atom stereocenters. The van der Waals surface area contributed by atoms with E-state index in [2.05, 4.69) is 27.5 Å². The molecule has 2 nitrogen and oxygen atoms in total. The summed E-state index contributed by atoms with van der Waals surface area (Å²) in [5.74, 6) is -0.323. The molecular weight excluding hydrogens is 303 g/mol. The zero-order chi connectivity index (χ0) is 12.5. The lowest BCUT2D eigenvalue weighted by Gasteiger charge is -2.40. The molecule has 2 rings (SSSR count). The molecule has 0 bridgehead atoms. The molecule has 17 heavy (non-hydrogen) atoms. The number of hydrogen-bond acceptors (Lipinski definition) is 3. The van der Waals surface area contributed by atoms with Crippen molar-refractivity contribution in [3.63, 3.8) is 0 Å². The molecule has 1 aliphatic carbocycles. The van der Waals surface area contributed by atoms with Crippen molar-refractivity contribution in [1.29, 1.82) is 0 Å². The van der Waals surface area contributed by atoms with Gasteiger partial charge in [0.05, 0.1) is 15.8 Å². The topological polar surface area (TPSA) is 38.0 Å². The van der Waals surface area contributed by atoms with Gasteiger partial charge in [-0.25, -0.2) is 4.39 Å². The van der Waals surface area contributed by atoms with Crippen LogP contribution in [-0.2, 0) is 0 Å². The fraction of sp³-hybridized carbons (Fsp3) is 0.500. The van der Waals surface area contributed by atoms with Gasteiger partial charge in [0.15, 0.2) is 0 Å². The van der Waals surface area contributed by atoms with Gasteiger partial charge >= 0.3 is 0 Å². The maximum absolute atomic E-state index is 13.2. The summed E-state index contributed by atoms with van der Waals surface area (Å²) in [6.45, 7) is 0.885. The van der Waals surface area contributed by atoms with Crippen molar-refractivity contribution in [1.82, 2.24) is 0 Å². The van der Waals surface area contributed by atoms with E-state index in [1.54, 1.807) is 6.07 Å². The highest BCUT2D eigenvalue weighted by Crippen LogP contribution is 2.43. The number of halogens is 2. The summed E-state index contributed by atoms with van der Waals surface area (Å²) in [4.78, 5) is 0. The van der Waals surface area contributed by atoms with Crippen molar-refractivity contribution in [3.05, 3.63) is 22.4 Å². The molecule has 0 aliphatic heterocycles. The van der Waals surface area contributed by atoms with Crippen LogP contribution in [0.5, 0.6) is 0 Å². The van der Waals surface area contributed by atoms with E-state index in [1.807, 2.05) is 11.8 Å². The Labute approximate surface area is 114 Å². The van der Waals surface area contributed by atoms with E-state index in [4.69, 9.17) is 5.73 Å². The van der Waals surface area contributed by atoms with Crippen LogP contribution in [0.15, 0.2) is 16.6 Å². The quantitative estimate of drug-likeness (QED) is 0.828. The number of anilines is 2. The molecule has 1 aromatic rings. The maximum Gasteiger partial charge on any atom is 0.139 e. The number of hydrogen-bond donors (Lipinski definition) is 2. The van der Waals surface area contributed by atoms with Gasteiger partial charge < -0.3 is 11.1 Å². The molecule has 0 atom stereocenters. The van der Waals surface area contributed by atoms with Gasteiger partial charge in [0.1, 0.15) is 5.82 Å². The number of nitrogen functional groups attached to an aromatic ring is 1. The van der Waals surface area contributed by atoms with E-state index in [0.29, 0.717) is 14.9 Å². The highest BCUT2D eigenvalue weighted by Gasteiger charge is 2.35. The first kappa shape index (κ1) is 13.0. The molecule has 0 saturated heterocycles. The predicted molar refractivity (Wildman–Crippen MR) is 77.1 cm³/mol.